The van der Waals surface area contributed by atoms with Crippen LogP contribution in [0, 0.1) is 0 Å². The van der Waals surface area contributed by atoms with Crippen molar-refractivity contribution in [3.05, 3.63) is 0 Å². The lowest BCUT2D eigenvalue weighted by Gasteiger charge is -1.98. The van der Waals surface area contributed by atoms with Crippen LogP contribution in [0.5, 0.6) is 0 Å². The molecule has 0 aliphatic heterocycles. The van der Waals surface area contributed by atoms with Crippen molar-refractivity contribution >= 4 is 6.09 Å². The van der Waals surface area contributed by atoms with Gasteiger partial charge in [0.1, 0.15) is 0 Å². The van der Waals surface area contributed by atoms with Crippen molar-refractivity contribution in [2.75, 3.05) is 6.61 Å². The maximum Gasteiger partial charge on any atom is 0.435 e. The van der Waals surface area contributed by atoms with Gasteiger partial charge in [-0.2, -0.15) is 5.54 Å². The third-order valence-electron chi connectivity index (χ3n) is 0.808. The summed E-state index contributed by atoms with van der Waals surface area (Å²) in [5, 5.41) is 0. The molecule has 9 heavy (non-hydrogen) atoms. The number of ether oxygens (including phenoxy) is 1. The molecule has 0 aromatic rings. The number of carbonyl (C=O) groups excluding carboxylic acids is 1. The molecule has 0 aliphatic rings. The second kappa shape index (κ2) is 5.34. The maximum absolute atomic E-state index is 11.1. The van der Waals surface area contributed by atoms with Gasteiger partial charge in [-0.05, 0) is 6.42 Å². The maximum atomic E-state index is 11.1. The standard InChI is InChI=1S/C5H10FNO2/c1-2-3-4-9-5(8)7-6/h2-4H2,1H3,(H,7,8). The Labute approximate surface area is 53.1 Å². The van der Waals surface area contributed by atoms with Crippen LogP contribution in [0.25, 0.3) is 0 Å². The Morgan fingerprint density at radius 3 is 2.89 bits per heavy atom. The summed E-state index contributed by atoms with van der Waals surface area (Å²) in [4.78, 5) is 9.98. The number of unbranched alkanes of at least 4 members (excludes halogenated alkanes) is 1. The Morgan fingerprint density at radius 2 is 2.44 bits per heavy atom. The Balaban J connectivity index is 2.97. The second-order valence-corrected chi connectivity index (χ2v) is 1.58. The fourth-order valence-corrected chi connectivity index (χ4v) is 0.336. The molecule has 0 radical (unpaired) electrons. The average molecular weight is 135 g/mol. The first kappa shape index (κ1) is 8.20. The molecule has 1 amide bonds. The molecule has 0 rings (SSSR count). The summed E-state index contributed by atoms with van der Waals surface area (Å²) in [7, 11) is 0. The van der Waals surface area contributed by atoms with Gasteiger partial charge in [0.15, 0.2) is 0 Å². The van der Waals surface area contributed by atoms with Gasteiger partial charge in [-0.3, -0.25) is 0 Å². The molecule has 0 aromatic heterocycles. The molecule has 0 spiro atoms. The summed E-state index contributed by atoms with van der Waals surface area (Å²) in [5.41, 5.74) is 0.863. The second-order valence-electron chi connectivity index (χ2n) is 1.58. The smallest absolute Gasteiger partial charge is 0.435 e. The fraction of sp³-hybridized carbons (Fsp3) is 0.800. The zero-order valence-electron chi connectivity index (χ0n) is 5.32. The average Bonchev–Trinajstić information content (AvgIpc) is 1.89. The Bertz CT molecular complexity index is 87.0. The summed E-state index contributed by atoms with van der Waals surface area (Å²) in [5.74, 6) is 0. The summed E-state index contributed by atoms with van der Waals surface area (Å²) in [6.07, 6.45) is 0.691. The first-order valence-electron chi connectivity index (χ1n) is 2.84. The van der Waals surface area contributed by atoms with Crippen LogP contribution in [0.15, 0.2) is 0 Å². The van der Waals surface area contributed by atoms with E-state index in [1.54, 1.807) is 0 Å². The predicted molar refractivity (Wildman–Crippen MR) is 30.5 cm³/mol. The van der Waals surface area contributed by atoms with Gasteiger partial charge >= 0.3 is 6.09 Å². The summed E-state index contributed by atoms with van der Waals surface area (Å²) in [6, 6.07) is 0. The molecule has 0 aliphatic carbocycles. The highest BCUT2D eigenvalue weighted by molar-refractivity contribution is 5.65. The first-order chi connectivity index (χ1) is 4.31. The minimum atomic E-state index is -1.01. The van der Waals surface area contributed by atoms with Crippen molar-refractivity contribution in [1.29, 1.82) is 0 Å². The van der Waals surface area contributed by atoms with Crippen molar-refractivity contribution in [2.24, 2.45) is 0 Å². The Kier molecular flexibility index (Phi) is 4.86. The van der Waals surface area contributed by atoms with Gasteiger partial charge in [0.05, 0.1) is 6.61 Å². The van der Waals surface area contributed by atoms with Crippen molar-refractivity contribution in [3.63, 3.8) is 0 Å². The molecule has 0 aromatic carbocycles. The third kappa shape index (κ3) is 5.06. The lowest BCUT2D eigenvalue weighted by molar-refractivity contribution is 0.122. The van der Waals surface area contributed by atoms with E-state index in [0.29, 0.717) is 0 Å². The molecule has 3 nitrogen and oxygen atoms in total. The van der Waals surface area contributed by atoms with Crippen molar-refractivity contribution in [1.82, 2.24) is 5.54 Å². The Morgan fingerprint density at radius 1 is 1.78 bits per heavy atom. The zero-order valence-corrected chi connectivity index (χ0v) is 5.32. The van der Waals surface area contributed by atoms with Crippen LogP contribution in [-0.2, 0) is 4.74 Å². The van der Waals surface area contributed by atoms with Gasteiger partial charge in [-0.1, -0.05) is 17.8 Å². The third-order valence-corrected chi connectivity index (χ3v) is 0.808. The topological polar surface area (TPSA) is 38.3 Å². The molecule has 0 unspecified atom stereocenters. The van der Waals surface area contributed by atoms with Gasteiger partial charge in [0, 0.05) is 0 Å². The highest BCUT2D eigenvalue weighted by Crippen LogP contribution is 1.87. The van der Waals surface area contributed by atoms with Gasteiger partial charge in [-0.25, -0.2) is 4.79 Å². The molecule has 0 fully saturated rings. The lowest BCUT2D eigenvalue weighted by Crippen LogP contribution is -2.15. The van der Waals surface area contributed by atoms with E-state index < -0.39 is 6.09 Å². The van der Waals surface area contributed by atoms with Gasteiger partial charge in [0.2, 0.25) is 0 Å². The minimum Gasteiger partial charge on any atom is -0.448 e. The van der Waals surface area contributed by atoms with Crippen LogP contribution in [-0.4, -0.2) is 12.7 Å². The molecular weight excluding hydrogens is 125 g/mol. The molecule has 54 valence electrons. The number of hydrogen-bond donors (Lipinski definition) is 1. The van der Waals surface area contributed by atoms with Gasteiger partial charge in [0.25, 0.3) is 0 Å². The van der Waals surface area contributed by atoms with Crippen LogP contribution >= 0.6 is 0 Å². The van der Waals surface area contributed by atoms with E-state index in [4.69, 9.17) is 0 Å². The van der Waals surface area contributed by atoms with E-state index in [1.807, 2.05) is 6.92 Å². The fourth-order valence-electron chi connectivity index (χ4n) is 0.336. The SMILES string of the molecule is CCCCOC(=O)NF. The predicted octanol–water partition coefficient (Wildman–Crippen LogP) is 1.40. The summed E-state index contributed by atoms with van der Waals surface area (Å²) in [6.45, 7) is 2.24. The van der Waals surface area contributed by atoms with Crippen molar-refractivity contribution < 1.29 is 14.0 Å². The van der Waals surface area contributed by atoms with Crippen LogP contribution < -0.4 is 5.54 Å². The summed E-state index contributed by atoms with van der Waals surface area (Å²) < 4.78 is 15.4. The van der Waals surface area contributed by atoms with Crippen molar-refractivity contribution in [2.45, 2.75) is 19.8 Å². The van der Waals surface area contributed by atoms with Gasteiger partial charge < -0.3 is 4.74 Å². The number of carbonyl (C=O) groups is 1. The molecule has 0 heterocycles. The van der Waals surface area contributed by atoms with E-state index in [-0.39, 0.29) is 6.61 Å². The molecular formula is C5H10FNO2. The molecule has 0 saturated carbocycles. The quantitative estimate of drug-likeness (QED) is 0.469. The molecule has 4 heteroatoms. The van der Waals surface area contributed by atoms with Crippen LogP contribution in [0.2, 0.25) is 0 Å². The zero-order chi connectivity index (χ0) is 7.11. The number of rotatable bonds is 3. The normalized spacial score (nSPS) is 8.67. The molecule has 0 saturated heterocycles. The number of hydrogen-bond acceptors (Lipinski definition) is 2. The van der Waals surface area contributed by atoms with Crippen LogP contribution in [0.3, 0.4) is 0 Å². The highest BCUT2D eigenvalue weighted by atomic mass is 19.2. The van der Waals surface area contributed by atoms with Gasteiger partial charge in [-0.15, -0.1) is 0 Å². The Hall–Kier alpha value is -0.800. The van der Waals surface area contributed by atoms with Crippen molar-refractivity contribution in [3.8, 4) is 0 Å². The van der Waals surface area contributed by atoms with E-state index in [0.717, 1.165) is 18.4 Å². The first-order valence-corrected chi connectivity index (χ1v) is 2.84. The highest BCUT2D eigenvalue weighted by Gasteiger charge is 1.96. The number of halogens is 1. The van der Waals surface area contributed by atoms with E-state index in [1.165, 1.54) is 0 Å². The molecule has 1 N–H and O–H groups in total. The molecule has 0 atom stereocenters. The van der Waals surface area contributed by atoms with E-state index >= 15 is 0 Å². The van der Waals surface area contributed by atoms with E-state index in [2.05, 4.69) is 4.74 Å². The molecule has 0 bridgehead atoms. The lowest BCUT2D eigenvalue weighted by atomic mass is 10.4. The van der Waals surface area contributed by atoms with Crippen LogP contribution in [0.1, 0.15) is 19.8 Å². The summed E-state index contributed by atoms with van der Waals surface area (Å²) >= 11 is 0. The minimum absolute atomic E-state index is 0.284. The van der Waals surface area contributed by atoms with E-state index in [9.17, 15) is 9.28 Å². The monoisotopic (exact) mass is 135 g/mol. The van der Waals surface area contributed by atoms with Crippen LogP contribution in [0.4, 0.5) is 9.28 Å². The number of amides is 1. The number of nitrogens with one attached hydrogen (secondary N) is 1. The largest absolute Gasteiger partial charge is 0.448 e.